The predicted octanol–water partition coefficient (Wildman–Crippen LogP) is 1.47. The Hall–Kier alpha value is -2.22. The molecule has 0 aliphatic heterocycles. The molecule has 1 aromatic rings. The molecule has 0 aromatic heterocycles. The van der Waals surface area contributed by atoms with Crippen LogP contribution in [0.1, 0.15) is 23.2 Å². The summed E-state index contributed by atoms with van der Waals surface area (Å²) in [7, 11) is 1.57. The molecule has 1 rings (SSSR count). The number of hydrogen-bond donors (Lipinski definition) is 2. The first kappa shape index (κ1) is 15.8. The molecule has 3 N–H and O–H groups in total. The highest BCUT2D eigenvalue weighted by molar-refractivity contribution is 6.01. The summed E-state index contributed by atoms with van der Waals surface area (Å²) >= 11 is 0. The van der Waals surface area contributed by atoms with Crippen LogP contribution in [0.5, 0.6) is 0 Å². The van der Waals surface area contributed by atoms with Crippen molar-refractivity contribution < 1.29 is 18.8 Å². The zero-order valence-electron chi connectivity index (χ0n) is 11.0. The van der Waals surface area contributed by atoms with E-state index >= 15 is 0 Å². The molecule has 1 amide bonds. The first-order chi connectivity index (χ1) is 9.49. The van der Waals surface area contributed by atoms with E-state index in [1.807, 2.05) is 0 Å². The molecule has 0 heterocycles. The topological polar surface area (TPSA) is 107 Å². The van der Waals surface area contributed by atoms with E-state index in [1.54, 1.807) is 7.11 Å². The first-order valence-electron chi connectivity index (χ1n) is 5.98. The zero-order chi connectivity index (χ0) is 15.1. The van der Waals surface area contributed by atoms with Crippen molar-refractivity contribution in [3.63, 3.8) is 0 Å². The van der Waals surface area contributed by atoms with Crippen molar-refractivity contribution in [2.45, 2.75) is 12.8 Å². The number of methoxy groups -OCH3 is 1. The van der Waals surface area contributed by atoms with Crippen molar-refractivity contribution in [2.24, 2.45) is 0 Å². The van der Waals surface area contributed by atoms with Gasteiger partial charge in [-0.2, -0.15) is 0 Å². The van der Waals surface area contributed by atoms with Gasteiger partial charge in [0, 0.05) is 26.3 Å². The molecule has 0 radical (unpaired) electrons. The summed E-state index contributed by atoms with van der Waals surface area (Å²) in [5, 5.41) is 13.2. The van der Waals surface area contributed by atoms with Crippen molar-refractivity contribution in [1.29, 1.82) is 0 Å². The maximum Gasteiger partial charge on any atom is 0.293 e. The minimum Gasteiger partial charge on any atom is -0.392 e. The van der Waals surface area contributed by atoms with E-state index in [4.69, 9.17) is 10.5 Å². The number of nitrogen functional groups attached to an aromatic ring is 1. The van der Waals surface area contributed by atoms with Crippen LogP contribution in [-0.4, -0.2) is 31.1 Å². The van der Waals surface area contributed by atoms with Gasteiger partial charge >= 0.3 is 0 Å². The molecule has 1 aromatic carbocycles. The lowest BCUT2D eigenvalue weighted by Crippen LogP contribution is -2.26. The fraction of sp³-hybridized carbons (Fsp3) is 0.417. The van der Waals surface area contributed by atoms with E-state index in [0.29, 0.717) is 19.6 Å². The fourth-order valence-corrected chi connectivity index (χ4v) is 1.63. The molecule has 0 aliphatic rings. The van der Waals surface area contributed by atoms with E-state index in [2.05, 4.69) is 5.32 Å². The Labute approximate surface area is 115 Å². The fourth-order valence-electron chi connectivity index (χ4n) is 1.63. The number of nitrogens with zero attached hydrogens (tertiary/aromatic N) is 1. The van der Waals surface area contributed by atoms with Crippen molar-refractivity contribution in [2.75, 3.05) is 26.0 Å². The summed E-state index contributed by atoms with van der Waals surface area (Å²) < 4.78 is 18.4. The number of carbonyl (C=O) groups excluding carboxylic acids is 1. The number of nitro groups is 1. The van der Waals surface area contributed by atoms with Gasteiger partial charge in [-0.15, -0.1) is 0 Å². The second kappa shape index (κ2) is 7.39. The van der Waals surface area contributed by atoms with E-state index < -0.39 is 33.6 Å². The third-order valence-corrected chi connectivity index (χ3v) is 2.66. The number of carbonyl (C=O) groups is 1. The molecule has 110 valence electrons. The first-order valence-corrected chi connectivity index (χ1v) is 5.98. The predicted molar refractivity (Wildman–Crippen MR) is 70.9 cm³/mol. The quantitative estimate of drug-likeness (QED) is 0.341. The van der Waals surface area contributed by atoms with E-state index in [-0.39, 0.29) is 0 Å². The van der Waals surface area contributed by atoms with E-state index in [9.17, 15) is 19.3 Å². The van der Waals surface area contributed by atoms with Gasteiger partial charge in [-0.1, -0.05) is 0 Å². The smallest absolute Gasteiger partial charge is 0.293 e. The number of nitrogens with two attached hydrogens (primary N) is 1. The molecule has 0 fully saturated rings. The molecule has 8 heteroatoms. The summed E-state index contributed by atoms with van der Waals surface area (Å²) in [5.41, 5.74) is 4.02. The molecule has 0 bridgehead atoms. The second-order valence-electron chi connectivity index (χ2n) is 4.07. The Bertz CT molecular complexity index is 508. The number of nitrogens with one attached hydrogen (secondary N) is 1. The molecular weight excluding hydrogens is 269 g/mol. The summed E-state index contributed by atoms with van der Waals surface area (Å²) in [6.45, 7) is 0.868. The van der Waals surface area contributed by atoms with Crippen LogP contribution < -0.4 is 11.1 Å². The maximum atomic E-state index is 13.6. The van der Waals surface area contributed by atoms with Gasteiger partial charge in [0.15, 0.2) is 0 Å². The maximum absolute atomic E-state index is 13.6. The molecule has 0 atom stereocenters. The third kappa shape index (κ3) is 3.89. The Morgan fingerprint density at radius 3 is 2.80 bits per heavy atom. The van der Waals surface area contributed by atoms with Gasteiger partial charge < -0.3 is 15.8 Å². The number of benzene rings is 1. The molecule has 0 saturated heterocycles. The van der Waals surface area contributed by atoms with Gasteiger partial charge in [0.1, 0.15) is 17.1 Å². The number of ether oxygens (including phenoxy) is 1. The average molecular weight is 285 g/mol. The molecule has 0 unspecified atom stereocenters. The van der Waals surface area contributed by atoms with Crippen LogP contribution in [0.25, 0.3) is 0 Å². The SMILES string of the molecule is COCCCCNC(=O)c1c(F)ccc([N+](=O)[O-])c1N. The largest absolute Gasteiger partial charge is 0.392 e. The number of rotatable bonds is 7. The minimum atomic E-state index is -0.887. The van der Waals surface area contributed by atoms with Gasteiger partial charge in [0.25, 0.3) is 11.6 Å². The standard InChI is InChI=1S/C12H16FN3O4/c1-20-7-3-2-6-15-12(17)10-8(13)4-5-9(11(10)14)16(18)19/h4-5H,2-3,6-7,14H2,1H3,(H,15,17). The lowest BCUT2D eigenvalue weighted by atomic mass is 10.1. The molecule has 20 heavy (non-hydrogen) atoms. The number of halogens is 1. The normalized spacial score (nSPS) is 10.3. The Morgan fingerprint density at radius 1 is 1.50 bits per heavy atom. The number of nitro benzene ring substituents is 1. The van der Waals surface area contributed by atoms with Gasteiger partial charge in [0.05, 0.1) is 4.92 Å². The van der Waals surface area contributed by atoms with E-state index in [0.717, 1.165) is 18.6 Å². The highest BCUT2D eigenvalue weighted by Gasteiger charge is 2.23. The van der Waals surface area contributed by atoms with Crippen LogP contribution in [-0.2, 0) is 4.74 Å². The van der Waals surface area contributed by atoms with Crippen LogP contribution in [0.15, 0.2) is 12.1 Å². The summed E-state index contributed by atoms with van der Waals surface area (Å²) in [4.78, 5) is 21.7. The van der Waals surface area contributed by atoms with Crippen molar-refractivity contribution in [1.82, 2.24) is 5.32 Å². The summed E-state index contributed by atoms with van der Waals surface area (Å²) in [5.74, 6) is -1.65. The van der Waals surface area contributed by atoms with Gasteiger partial charge in [-0.25, -0.2) is 4.39 Å². The van der Waals surface area contributed by atoms with E-state index in [1.165, 1.54) is 0 Å². The zero-order valence-corrected chi connectivity index (χ0v) is 11.0. The molecule has 7 nitrogen and oxygen atoms in total. The van der Waals surface area contributed by atoms with Crippen LogP contribution in [0.4, 0.5) is 15.8 Å². The van der Waals surface area contributed by atoms with Gasteiger partial charge in [-0.3, -0.25) is 14.9 Å². The number of unbranched alkanes of at least 4 members (excludes halogenated alkanes) is 1. The lowest BCUT2D eigenvalue weighted by Gasteiger charge is -2.08. The van der Waals surface area contributed by atoms with Crippen LogP contribution in [0.2, 0.25) is 0 Å². The number of hydrogen-bond acceptors (Lipinski definition) is 5. The van der Waals surface area contributed by atoms with Crippen molar-refractivity contribution >= 4 is 17.3 Å². The monoisotopic (exact) mass is 285 g/mol. The Morgan fingerprint density at radius 2 is 2.20 bits per heavy atom. The summed E-state index contributed by atoms with van der Waals surface area (Å²) in [6, 6.07) is 1.79. The second-order valence-corrected chi connectivity index (χ2v) is 4.07. The third-order valence-electron chi connectivity index (χ3n) is 2.66. The van der Waals surface area contributed by atoms with Crippen LogP contribution >= 0.6 is 0 Å². The molecule has 0 aliphatic carbocycles. The minimum absolute atomic E-state index is 0.309. The summed E-state index contributed by atoms with van der Waals surface area (Å²) in [6.07, 6.45) is 1.39. The molecule has 0 saturated carbocycles. The van der Waals surface area contributed by atoms with Crippen LogP contribution in [0.3, 0.4) is 0 Å². The average Bonchev–Trinajstić information content (AvgIpc) is 2.38. The Kier molecular flexibility index (Phi) is 5.85. The molecule has 0 spiro atoms. The highest BCUT2D eigenvalue weighted by atomic mass is 19.1. The highest BCUT2D eigenvalue weighted by Crippen LogP contribution is 2.27. The van der Waals surface area contributed by atoms with Gasteiger partial charge in [0.2, 0.25) is 0 Å². The molecular formula is C12H16FN3O4. The Balaban J connectivity index is 2.77. The van der Waals surface area contributed by atoms with Crippen molar-refractivity contribution in [3.8, 4) is 0 Å². The van der Waals surface area contributed by atoms with Gasteiger partial charge in [-0.05, 0) is 18.9 Å². The number of anilines is 1. The van der Waals surface area contributed by atoms with Crippen molar-refractivity contribution in [3.05, 3.63) is 33.6 Å². The lowest BCUT2D eigenvalue weighted by molar-refractivity contribution is -0.384. The van der Waals surface area contributed by atoms with Crippen LogP contribution in [0, 0.1) is 15.9 Å². The number of amides is 1.